The second-order valence-corrected chi connectivity index (χ2v) is 6.22. The predicted octanol–water partition coefficient (Wildman–Crippen LogP) is 3.89. The Morgan fingerprint density at radius 3 is 2.50 bits per heavy atom. The zero-order chi connectivity index (χ0) is 15.1. The van der Waals surface area contributed by atoms with Crippen molar-refractivity contribution in [3.8, 4) is 0 Å². The van der Waals surface area contributed by atoms with Gasteiger partial charge in [0, 0.05) is 16.1 Å². The third-order valence-electron chi connectivity index (χ3n) is 2.59. The van der Waals surface area contributed by atoms with E-state index in [-0.39, 0.29) is 5.56 Å². The van der Waals surface area contributed by atoms with E-state index in [0.29, 0.717) is 15.4 Å². The van der Waals surface area contributed by atoms with Crippen LogP contribution in [0, 0.1) is 0 Å². The van der Waals surface area contributed by atoms with Gasteiger partial charge in [-0.25, -0.2) is 9.59 Å². The van der Waals surface area contributed by atoms with Gasteiger partial charge >= 0.3 is 12.1 Å². The second kappa shape index (κ2) is 4.94. The van der Waals surface area contributed by atoms with Gasteiger partial charge in [0.15, 0.2) is 0 Å². The molecule has 1 aromatic heterocycles. The standard InChI is InChI=1S/C14H14BrNO4/c1-14(2,3)20-13(19)16-7-10(15)9-6-8(12(17)18)4-5-11(9)16/h4-7H,1-3H3,(H,17,18). The van der Waals surface area contributed by atoms with Crippen LogP contribution < -0.4 is 0 Å². The highest BCUT2D eigenvalue weighted by molar-refractivity contribution is 9.10. The Hall–Kier alpha value is -1.82. The fourth-order valence-electron chi connectivity index (χ4n) is 1.79. The third-order valence-corrected chi connectivity index (χ3v) is 3.22. The molecule has 1 N–H and O–H groups in total. The summed E-state index contributed by atoms with van der Waals surface area (Å²) >= 11 is 3.33. The lowest BCUT2D eigenvalue weighted by Gasteiger charge is -2.19. The van der Waals surface area contributed by atoms with E-state index >= 15 is 0 Å². The minimum atomic E-state index is -1.01. The number of carbonyl (C=O) groups excluding carboxylic acids is 1. The molecule has 0 spiro atoms. The number of fused-ring (bicyclic) bond motifs is 1. The van der Waals surface area contributed by atoms with E-state index in [1.54, 1.807) is 33.0 Å². The number of rotatable bonds is 1. The largest absolute Gasteiger partial charge is 0.478 e. The molecule has 0 bridgehead atoms. The van der Waals surface area contributed by atoms with Crippen molar-refractivity contribution in [3.63, 3.8) is 0 Å². The lowest BCUT2D eigenvalue weighted by Crippen LogP contribution is -2.26. The summed E-state index contributed by atoms with van der Waals surface area (Å²) in [6.45, 7) is 5.36. The number of benzene rings is 1. The maximum atomic E-state index is 12.1. The zero-order valence-electron chi connectivity index (χ0n) is 11.3. The van der Waals surface area contributed by atoms with Gasteiger partial charge in [0.25, 0.3) is 0 Å². The Balaban J connectivity index is 2.51. The number of halogens is 1. The number of hydrogen-bond donors (Lipinski definition) is 1. The van der Waals surface area contributed by atoms with Crippen LogP contribution >= 0.6 is 15.9 Å². The summed E-state index contributed by atoms with van der Waals surface area (Å²) < 4.78 is 7.31. The van der Waals surface area contributed by atoms with Gasteiger partial charge in [0.2, 0.25) is 0 Å². The molecule has 6 heteroatoms. The van der Waals surface area contributed by atoms with Gasteiger partial charge in [0.05, 0.1) is 11.1 Å². The van der Waals surface area contributed by atoms with Crippen molar-refractivity contribution in [1.29, 1.82) is 0 Å². The Morgan fingerprint density at radius 1 is 1.30 bits per heavy atom. The molecule has 0 aliphatic rings. The van der Waals surface area contributed by atoms with Crippen molar-refractivity contribution in [2.45, 2.75) is 26.4 Å². The molecule has 2 aromatic rings. The number of carboxylic acid groups (broad SMARTS) is 1. The number of carbonyl (C=O) groups is 2. The normalized spacial score (nSPS) is 11.6. The average molecular weight is 340 g/mol. The van der Waals surface area contributed by atoms with E-state index in [9.17, 15) is 9.59 Å². The van der Waals surface area contributed by atoms with Gasteiger partial charge in [-0.05, 0) is 54.9 Å². The molecule has 0 unspecified atom stereocenters. The van der Waals surface area contributed by atoms with Crippen LogP contribution in [0.1, 0.15) is 31.1 Å². The summed E-state index contributed by atoms with van der Waals surface area (Å²) in [5.74, 6) is -1.01. The van der Waals surface area contributed by atoms with Crippen molar-refractivity contribution in [3.05, 3.63) is 34.4 Å². The molecule has 1 aromatic carbocycles. The van der Waals surface area contributed by atoms with E-state index in [1.165, 1.54) is 16.7 Å². The lowest BCUT2D eigenvalue weighted by atomic mass is 10.1. The van der Waals surface area contributed by atoms with E-state index in [1.807, 2.05) is 0 Å². The number of aromatic carboxylic acids is 1. The average Bonchev–Trinajstić information content (AvgIpc) is 2.64. The second-order valence-electron chi connectivity index (χ2n) is 5.36. The van der Waals surface area contributed by atoms with Crippen LogP contribution in [0.4, 0.5) is 4.79 Å². The fraction of sp³-hybridized carbons (Fsp3) is 0.286. The monoisotopic (exact) mass is 339 g/mol. The number of ether oxygens (including phenoxy) is 1. The van der Waals surface area contributed by atoms with Crippen molar-refractivity contribution in [2.24, 2.45) is 0 Å². The summed E-state index contributed by atoms with van der Waals surface area (Å²) in [4.78, 5) is 23.1. The molecule has 0 saturated carbocycles. The Bertz CT molecular complexity index is 697. The number of nitrogens with zero attached hydrogens (tertiary/aromatic N) is 1. The molecule has 5 nitrogen and oxygen atoms in total. The van der Waals surface area contributed by atoms with E-state index in [0.717, 1.165) is 0 Å². The molecule has 0 radical (unpaired) electrons. The smallest absolute Gasteiger partial charge is 0.419 e. The summed E-state index contributed by atoms with van der Waals surface area (Å²) in [6, 6.07) is 4.56. The van der Waals surface area contributed by atoms with Crippen LogP contribution in [-0.2, 0) is 4.74 Å². The maximum absolute atomic E-state index is 12.1. The molecular weight excluding hydrogens is 326 g/mol. The van der Waals surface area contributed by atoms with Crippen LogP contribution in [0.3, 0.4) is 0 Å². The van der Waals surface area contributed by atoms with E-state index in [2.05, 4.69) is 15.9 Å². The van der Waals surface area contributed by atoms with Gasteiger partial charge < -0.3 is 9.84 Å². The molecule has 0 aliphatic heterocycles. The van der Waals surface area contributed by atoms with Crippen molar-refractivity contribution >= 4 is 38.9 Å². The molecule has 1 heterocycles. The van der Waals surface area contributed by atoms with Gasteiger partial charge in [-0.3, -0.25) is 4.57 Å². The SMILES string of the molecule is CC(C)(C)OC(=O)n1cc(Br)c2cc(C(=O)O)ccc21. The van der Waals surface area contributed by atoms with Gasteiger partial charge in [-0.15, -0.1) is 0 Å². The van der Waals surface area contributed by atoms with Crippen LogP contribution in [0.25, 0.3) is 10.9 Å². The van der Waals surface area contributed by atoms with Crippen LogP contribution in [-0.4, -0.2) is 27.3 Å². The summed E-state index contributed by atoms with van der Waals surface area (Å²) in [5.41, 5.74) is 0.164. The maximum Gasteiger partial charge on any atom is 0.419 e. The zero-order valence-corrected chi connectivity index (χ0v) is 12.9. The highest BCUT2D eigenvalue weighted by Crippen LogP contribution is 2.28. The minimum absolute atomic E-state index is 0.167. The minimum Gasteiger partial charge on any atom is -0.478 e. The highest BCUT2D eigenvalue weighted by Gasteiger charge is 2.20. The molecule has 0 amide bonds. The van der Waals surface area contributed by atoms with E-state index in [4.69, 9.17) is 9.84 Å². The Morgan fingerprint density at radius 2 is 1.95 bits per heavy atom. The molecule has 0 atom stereocenters. The number of hydrogen-bond acceptors (Lipinski definition) is 3. The molecule has 0 fully saturated rings. The molecule has 0 aliphatic carbocycles. The van der Waals surface area contributed by atoms with E-state index < -0.39 is 17.7 Å². The lowest BCUT2D eigenvalue weighted by molar-refractivity contribution is 0.0543. The molecule has 2 rings (SSSR count). The van der Waals surface area contributed by atoms with Crippen molar-refractivity contribution in [2.75, 3.05) is 0 Å². The van der Waals surface area contributed by atoms with Gasteiger partial charge in [-0.2, -0.15) is 0 Å². The molecule has 20 heavy (non-hydrogen) atoms. The first-order chi connectivity index (χ1) is 9.19. The molecule has 0 saturated heterocycles. The number of carboxylic acids is 1. The molecule has 106 valence electrons. The van der Waals surface area contributed by atoms with Crippen LogP contribution in [0.5, 0.6) is 0 Å². The summed E-state index contributed by atoms with van der Waals surface area (Å²) in [6.07, 6.45) is 1.07. The van der Waals surface area contributed by atoms with Crippen molar-refractivity contribution < 1.29 is 19.4 Å². The van der Waals surface area contributed by atoms with Crippen LogP contribution in [0.2, 0.25) is 0 Å². The summed E-state index contributed by atoms with van der Waals surface area (Å²) in [7, 11) is 0. The van der Waals surface area contributed by atoms with Gasteiger partial charge in [0.1, 0.15) is 5.60 Å². The first-order valence-electron chi connectivity index (χ1n) is 5.96. The van der Waals surface area contributed by atoms with Gasteiger partial charge in [-0.1, -0.05) is 0 Å². The quantitative estimate of drug-likeness (QED) is 0.855. The first-order valence-corrected chi connectivity index (χ1v) is 6.75. The third kappa shape index (κ3) is 2.85. The Labute approximate surface area is 124 Å². The fourth-order valence-corrected chi connectivity index (χ4v) is 2.31. The predicted molar refractivity (Wildman–Crippen MR) is 78.2 cm³/mol. The first kappa shape index (κ1) is 14.6. The summed E-state index contributed by atoms with van der Waals surface area (Å²) in [5, 5.41) is 9.64. The Kier molecular flexibility index (Phi) is 3.60. The van der Waals surface area contributed by atoms with Crippen LogP contribution in [0.15, 0.2) is 28.9 Å². The van der Waals surface area contributed by atoms with Crippen molar-refractivity contribution in [1.82, 2.24) is 4.57 Å². The number of aromatic nitrogens is 1. The highest BCUT2D eigenvalue weighted by atomic mass is 79.9. The molecular formula is C14H14BrNO4. The topological polar surface area (TPSA) is 68.5 Å².